The minimum absolute atomic E-state index is 0.0462. The predicted octanol–water partition coefficient (Wildman–Crippen LogP) is 1.96. The maximum Gasteiger partial charge on any atom is 0.290 e. The van der Waals surface area contributed by atoms with Crippen molar-refractivity contribution in [3.63, 3.8) is 0 Å². The van der Waals surface area contributed by atoms with Crippen LogP contribution in [0.15, 0.2) is 39.7 Å². The summed E-state index contributed by atoms with van der Waals surface area (Å²) in [4.78, 5) is 22.8. The van der Waals surface area contributed by atoms with Gasteiger partial charge in [0.05, 0.1) is 4.91 Å². The zero-order valence-electron chi connectivity index (χ0n) is 11.5. The second-order valence-corrected chi connectivity index (χ2v) is 5.72. The van der Waals surface area contributed by atoms with Crippen molar-refractivity contribution < 1.29 is 29.3 Å². The molecule has 7 nitrogen and oxygen atoms in total. The van der Waals surface area contributed by atoms with E-state index >= 15 is 0 Å². The van der Waals surface area contributed by atoms with Gasteiger partial charge in [-0.25, -0.2) is 0 Å². The number of thioether (sulfide) groups is 1. The van der Waals surface area contributed by atoms with Crippen LogP contribution in [-0.2, 0) is 4.79 Å². The summed E-state index contributed by atoms with van der Waals surface area (Å²) in [6.45, 7) is 0. The molecule has 2 heterocycles. The number of phenolic OH excluding ortho intramolecular Hbond substituents is 1. The molecule has 0 radical (unpaired) electrons. The number of hydrogen-bond acceptors (Lipinski definition) is 7. The monoisotopic (exact) mass is 333 g/mol. The van der Waals surface area contributed by atoms with Gasteiger partial charge in [0.1, 0.15) is 17.3 Å². The second-order valence-electron chi connectivity index (χ2n) is 4.70. The third kappa shape index (κ3) is 3.14. The van der Waals surface area contributed by atoms with Crippen LogP contribution in [0, 0.1) is 0 Å². The molecule has 0 saturated carbocycles. The first-order valence-electron chi connectivity index (χ1n) is 6.48. The number of rotatable bonds is 3. The maximum atomic E-state index is 11.5. The number of nitrogens with one attached hydrogen (secondary N) is 1. The van der Waals surface area contributed by atoms with Gasteiger partial charge in [-0.2, -0.15) is 0 Å². The molecule has 1 aliphatic heterocycles. The number of aliphatic hydroxyl groups excluding tert-OH is 1. The summed E-state index contributed by atoms with van der Waals surface area (Å²) in [7, 11) is 0. The Morgan fingerprint density at radius 2 is 1.96 bits per heavy atom. The average Bonchev–Trinajstić information content (AvgIpc) is 3.06. The van der Waals surface area contributed by atoms with Crippen molar-refractivity contribution in [2.24, 2.45) is 0 Å². The molecule has 0 unspecified atom stereocenters. The Labute approximate surface area is 134 Å². The van der Waals surface area contributed by atoms with Crippen molar-refractivity contribution in [3.8, 4) is 17.1 Å². The van der Waals surface area contributed by atoms with E-state index in [-0.39, 0.29) is 16.2 Å². The first-order chi connectivity index (χ1) is 10.9. The fourth-order valence-corrected chi connectivity index (χ4v) is 2.71. The topological polar surface area (TPSA) is 120 Å². The molecular weight excluding hydrogens is 322 g/mol. The number of hydrogen-bond donors (Lipinski definition) is 4. The van der Waals surface area contributed by atoms with E-state index < -0.39 is 17.4 Å². The van der Waals surface area contributed by atoms with Gasteiger partial charge in [0.25, 0.3) is 11.1 Å². The van der Waals surface area contributed by atoms with Gasteiger partial charge in [-0.05, 0) is 42.1 Å². The third-order valence-corrected chi connectivity index (χ3v) is 3.94. The summed E-state index contributed by atoms with van der Waals surface area (Å²) in [5.74, 6) is 0.0588. The van der Waals surface area contributed by atoms with Crippen LogP contribution in [0.2, 0.25) is 0 Å². The zero-order chi connectivity index (χ0) is 16.6. The van der Waals surface area contributed by atoms with Crippen LogP contribution in [0.4, 0.5) is 4.79 Å². The van der Waals surface area contributed by atoms with Gasteiger partial charge in [0.2, 0.25) is 0 Å². The van der Waals surface area contributed by atoms with Gasteiger partial charge in [-0.1, -0.05) is 0 Å². The molecule has 0 atom stereocenters. The molecule has 4 N–H and O–H groups in total. The van der Waals surface area contributed by atoms with E-state index in [1.54, 1.807) is 18.2 Å². The summed E-state index contributed by atoms with van der Waals surface area (Å²) < 4.78 is 5.56. The lowest BCUT2D eigenvalue weighted by Gasteiger charge is -2.07. The number of phenols is 1. The lowest BCUT2D eigenvalue weighted by Crippen LogP contribution is -2.17. The highest BCUT2D eigenvalue weighted by molar-refractivity contribution is 8.18. The Hall–Kier alpha value is -2.55. The fraction of sp³-hybridized carbons (Fsp3) is 0.0667. The maximum absolute atomic E-state index is 11.5. The molecule has 8 heteroatoms. The predicted molar refractivity (Wildman–Crippen MR) is 82.1 cm³/mol. The van der Waals surface area contributed by atoms with Crippen LogP contribution in [0.3, 0.4) is 0 Å². The van der Waals surface area contributed by atoms with Gasteiger partial charge in [-0.3, -0.25) is 14.9 Å². The van der Waals surface area contributed by atoms with Crippen molar-refractivity contribution in [1.82, 2.24) is 5.32 Å². The van der Waals surface area contributed by atoms with E-state index in [4.69, 9.17) is 4.42 Å². The van der Waals surface area contributed by atoms with Crippen LogP contribution < -0.4 is 5.32 Å². The molecule has 1 fully saturated rings. The van der Waals surface area contributed by atoms with Gasteiger partial charge in [-0.15, -0.1) is 0 Å². The van der Waals surface area contributed by atoms with Gasteiger partial charge < -0.3 is 19.7 Å². The number of imide groups is 1. The second kappa shape index (κ2) is 5.92. The SMILES string of the molecule is O=C1NC(=O)/C(=C\c2ccc(-c3ccc(O)c(C(O)O)c3)o2)S1. The zero-order valence-corrected chi connectivity index (χ0v) is 12.3. The molecule has 1 aromatic heterocycles. The first kappa shape index (κ1) is 15.3. The number of carbonyl (C=O) groups is 2. The van der Waals surface area contributed by atoms with Crippen molar-refractivity contribution in [2.75, 3.05) is 0 Å². The first-order valence-corrected chi connectivity index (χ1v) is 7.30. The molecule has 0 aliphatic carbocycles. The van der Waals surface area contributed by atoms with E-state index in [0.29, 0.717) is 17.1 Å². The highest BCUT2D eigenvalue weighted by Gasteiger charge is 2.25. The summed E-state index contributed by atoms with van der Waals surface area (Å²) >= 11 is 0.784. The summed E-state index contributed by atoms with van der Waals surface area (Å²) in [5, 5.41) is 29.7. The van der Waals surface area contributed by atoms with Crippen molar-refractivity contribution >= 4 is 29.0 Å². The van der Waals surface area contributed by atoms with Crippen LogP contribution in [0.1, 0.15) is 17.6 Å². The number of aromatic hydroxyl groups is 1. The molecule has 0 spiro atoms. The minimum Gasteiger partial charge on any atom is -0.507 e. The van der Waals surface area contributed by atoms with Crippen LogP contribution in [0.25, 0.3) is 17.4 Å². The van der Waals surface area contributed by atoms with Gasteiger partial charge in [0, 0.05) is 17.2 Å². The Balaban J connectivity index is 1.91. The number of carbonyl (C=O) groups excluding carboxylic acids is 2. The Kier molecular flexibility index (Phi) is 3.95. The molecular formula is C15H11NO6S. The summed E-state index contributed by atoms with van der Waals surface area (Å²) in [6.07, 6.45) is -0.368. The standard InChI is InChI=1S/C15H11NO6S/c17-10-3-1-7(5-9(10)14(19)20)11-4-2-8(22-11)6-12-13(18)16-15(21)23-12/h1-6,14,17,19-20H,(H,16,18,21)/b12-6+. The number of aliphatic hydroxyl groups is 2. The molecule has 1 saturated heterocycles. The van der Waals surface area contributed by atoms with Crippen molar-refractivity contribution in [3.05, 3.63) is 46.6 Å². The summed E-state index contributed by atoms with van der Waals surface area (Å²) in [6, 6.07) is 7.50. The van der Waals surface area contributed by atoms with Crippen molar-refractivity contribution in [1.29, 1.82) is 0 Å². The minimum atomic E-state index is -1.81. The Morgan fingerprint density at radius 1 is 1.17 bits per heavy atom. The lowest BCUT2D eigenvalue weighted by molar-refractivity contribution is -0.115. The molecule has 0 bridgehead atoms. The normalized spacial score (nSPS) is 16.4. The molecule has 2 aromatic rings. The molecule has 2 amide bonds. The molecule has 1 aliphatic rings. The molecule has 118 valence electrons. The largest absolute Gasteiger partial charge is 0.507 e. The highest BCUT2D eigenvalue weighted by Crippen LogP contribution is 2.32. The van der Waals surface area contributed by atoms with E-state index in [0.717, 1.165) is 11.8 Å². The van der Waals surface area contributed by atoms with Crippen LogP contribution in [0.5, 0.6) is 5.75 Å². The quantitative estimate of drug-likeness (QED) is 0.500. The van der Waals surface area contributed by atoms with Gasteiger partial charge >= 0.3 is 0 Å². The van der Waals surface area contributed by atoms with Gasteiger partial charge in [0.15, 0.2) is 6.29 Å². The molecule has 3 rings (SSSR count). The van der Waals surface area contributed by atoms with Crippen molar-refractivity contribution in [2.45, 2.75) is 6.29 Å². The van der Waals surface area contributed by atoms with E-state index in [2.05, 4.69) is 5.32 Å². The lowest BCUT2D eigenvalue weighted by atomic mass is 10.1. The number of amides is 2. The highest BCUT2D eigenvalue weighted by atomic mass is 32.2. The number of benzene rings is 1. The Morgan fingerprint density at radius 3 is 2.61 bits per heavy atom. The number of furan rings is 1. The van der Waals surface area contributed by atoms with Crippen LogP contribution >= 0.6 is 11.8 Å². The van der Waals surface area contributed by atoms with E-state index in [1.807, 2.05) is 0 Å². The summed E-state index contributed by atoms with van der Waals surface area (Å²) in [5.41, 5.74) is 0.477. The fourth-order valence-electron chi connectivity index (χ4n) is 2.05. The smallest absolute Gasteiger partial charge is 0.290 e. The molecule has 1 aromatic carbocycles. The molecule has 23 heavy (non-hydrogen) atoms. The van der Waals surface area contributed by atoms with Crippen LogP contribution in [-0.4, -0.2) is 26.5 Å². The average molecular weight is 333 g/mol. The van der Waals surface area contributed by atoms with E-state index in [1.165, 1.54) is 18.2 Å². The third-order valence-electron chi connectivity index (χ3n) is 3.13. The Bertz CT molecular complexity index is 823. The van der Waals surface area contributed by atoms with E-state index in [9.17, 15) is 24.9 Å².